The summed E-state index contributed by atoms with van der Waals surface area (Å²) in [6, 6.07) is 8.58. The van der Waals surface area contributed by atoms with Crippen molar-refractivity contribution < 1.29 is 14.3 Å². The van der Waals surface area contributed by atoms with E-state index in [-0.39, 0.29) is 11.4 Å². The molecule has 1 amide bonds. The number of likely N-dealkylation sites (tertiary alicyclic amines) is 1. The minimum absolute atomic E-state index is 0.115. The molecule has 146 valence electrons. The third-order valence-corrected chi connectivity index (χ3v) is 6.96. The normalized spacial score (nSPS) is 28.3. The second kappa shape index (κ2) is 6.76. The van der Waals surface area contributed by atoms with Gasteiger partial charge in [0.05, 0.1) is 31.9 Å². The van der Waals surface area contributed by atoms with Gasteiger partial charge in [-0.25, -0.2) is 0 Å². The number of methoxy groups -OCH3 is 1. The molecule has 3 saturated heterocycles. The molecular weight excluding hydrogens is 342 g/mol. The van der Waals surface area contributed by atoms with Crippen LogP contribution < -0.4 is 4.74 Å². The molecule has 6 nitrogen and oxygen atoms in total. The number of piperazine rings is 1. The molecule has 3 aliphatic heterocycles. The molecule has 6 heteroatoms. The average molecular weight is 371 g/mol. The van der Waals surface area contributed by atoms with Gasteiger partial charge < -0.3 is 14.4 Å². The Hall–Kier alpha value is -1.63. The fourth-order valence-corrected chi connectivity index (χ4v) is 5.27. The first-order valence-electron chi connectivity index (χ1n) is 10.2. The minimum Gasteiger partial charge on any atom is -0.497 e. The van der Waals surface area contributed by atoms with Crippen molar-refractivity contribution in [2.45, 2.75) is 36.9 Å². The van der Waals surface area contributed by atoms with Crippen molar-refractivity contribution in [3.8, 4) is 5.75 Å². The molecule has 1 aromatic carbocycles. The van der Waals surface area contributed by atoms with Crippen LogP contribution in [0.2, 0.25) is 0 Å². The average Bonchev–Trinajstić information content (AvgIpc) is 2.64. The summed E-state index contributed by atoms with van der Waals surface area (Å²) < 4.78 is 11.0. The Morgan fingerprint density at radius 2 is 1.93 bits per heavy atom. The molecule has 3 heterocycles. The molecule has 1 unspecified atom stereocenters. The van der Waals surface area contributed by atoms with E-state index in [1.165, 1.54) is 19.3 Å². The molecule has 1 atom stereocenters. The number of benzene rings is 1. The van der Waals surface area contributed by atoms with Crippen molar-refractivity contribution in [2.24, 2.45) is 0 Å². The summed E-state index contributed by atoms with van der Waals surface area (Å²) in [4.78, 5) is 20.6. The van der Waals surface area contributed by atoms with E-state index >= 15 is 0 Å². The van der Waals surface area contributed by atoms with Crippen LogP contribution in [0.15, 0.2) is 24.3 Å². The number of morpholine rings is 1. The van der Waals surface area contributed by atoms with E-state index in [4.69, 9.17) is 9.47 Å². The number of fused-ring (bicyclic) bond motifs is 2. The lowest BCUT2D eigenvalue weighted by Crippen LogP contribution is -2.82. The maximum atomic E-state index is 13.2. The molecule has 0 aromatic heterocycles. The van der Waals surface area contributed by atoms with Crippen molar-refractivity contribution in [2.75, 3.05) is 53.0 Å². The van der Waals surface area contributed by atoms with Gasteiger partial charge >= 0.3 is 0 Å². The maximum Gasteiger partial charge on any atom is 0.253 e. The van der Waals surface area contributed by atoms with E-state index < -0.39 is 0 Å². The first-order chi connectivity index (χ1) is 13.2. The van der Waals surface area contributed by atoms with E-state index in [1.807, 2.05) is 24.3 Å². The smallest absolute Gasteiger partial charge is 0.253 e. The Kier molecular flexibility index (Phi) is 4.37. The Balaban J connectivity index is 1.35. The van der Waals surface area contributed by atoms with E-state index in [2.05, 4.69) is 14.7 Å². The van der Waals surface area contributed by atoms with Gasteiger partial charge in [-0.3, -0.25) is 14.6 Å². The van der Waals surface area contributed by atoms with E-state index in [9.17, 15) is 4.79 Å². The number of rotatable bonds is 3. The molecule has 0 N–H and O–H groups in total. The lowest BCUT2D eigenvalue weighted by Gasteiger charge is -2.65. The fraction of sp³-hybridized carbons (Fsp3) is 0.667. The van der Waals surface area contributed by atoms with Crippen molar-refractivity contribution in [1.29, 1.82) is 0 Å². The molecule has 0 bridgehead atoms. The molecule has 27 heavy (non-hydrogen) atoms. The number of hydrogen-bond donors (Lipinski definition) is 0. The Morgan fingerprint density at radius 1 is 1.15 bits per heavy atom. The topological polar surface area (TPSA) is 45.2 Å². The number of hydrogen-bond acceptors (Lipinski definition) is 5. The van der Waals surface area contributed by atoms with E-state index in [0.717, 1.165) is 63.3 Å². The van der Waals surface area contributed by atoms with Crippen LogP contribution in [0.5, 0.6) is 5.75 Å². The third kappa shape index (κ3) is 2.94. The summed E-state index contributed by atoms with van der Waals surface area (Å²) in [5.41, 5.74) is 0.857. The lowest BCUT2D eigenvalue weighted by molar-refractivity contribution is -0.171. The number of amides is 1. The summed E-state index contributed by atoms with van der Waals surface area (Å²) in [5, 5.41) is 0. The first kappa shape index (κ1) is 17.5. The summed E-state index contributed by atoms with van der Waals surface area (Å²) in [6.45, 7) is 6.33. The SMILES string of the molecule is COc1ccc(C(=O)N2CC3COCCN3C3(C2)CN(C2CCC2)C3)cc1. The molecule has 4 aliphatic rings. The first-order valence-corrected chi connectivity index (χ1v) is 10.2. The predicted octanol–water partition coefficient (Wildman–Crippen LogP) is 1.46. The van der Waals surface area contributed by atoms with Gasteiger partial charge in [0.1, 0.15) is 5.75 Å². The van der Waals surface area contributed by atoms with Gasteiger partial charge in [-0.15, -0.1) is 0 Å². The molecule has 1 spiro atoms. The number of nitrogens with zero attached hydrogens (tertiary/aromatic N) is 3. The highest BCUT2D eigenvalue weighted by molar-refractivity contribution is 5.94. The highest BCUT2D eigenvalue weighted by atomic mass is 16.5. The molecule has 1 aliphatic carbocycles. The zero-order chi connectivity index (χ0) is 18.4. The second-order valence-corrected chi connectivity index (χ2v) is 8.55. The molecule has 1 saturated carbocycles. The lowest BCUT2D eigenvalue weighted by atomic mass is 9.78. The molecular formula is C21H29N3O3. The summed E-state index contributed by atoms with van der Waals surface area (Å²) in [7, 11) is 1.65. The van der Waals surface area contributed by atoms with Gasteiger partial charge in [0.15, 0.2) is 0 Å². The van der Waals surface area contributed by atoms with E-state index in [1.54, 1.807) is 7.11 Å². The van der Waals surface area contributed by atoms with Crippen molar-refractivity contribution in [3.63, 3.8) is 0 Å². The number of carbonyl (C=O) groups is 1. The van der Waals surface area contributed by atoms with Crippen LogP contribution >= 0.6 is 0 Å². The number of ether oxygens (including phenoxy) is 2. The molecule has 1 aromatic rings. The van der Waals surface area contributed by atoms with Crippen LogP contribution in [-0.4, -0.2) is 91.3 Å². The van der Waals surface area contributed by atoms with Crippen LogP contribution in [0.4, 0.5) is 0 Å². The Labute approximate surface area is 161 Å². The van der Waals surface area contributed by atoms with Crippen LogP contribution in [0.3, 0.4) is 0 Å². The van der Waals surface area contributed by atoms with E-state index in [0.29, 0.717) is 6.04 Å². The second-order valence-electron chi connectivity index (χ2n) is 8.55. The van der Waals surface area contributed by atoms with Crippen LogP contribution in [0.25, 0.3) is 0 Å². The van der Waals surface area contributed by atoms with Crippen LogP contribution in [0.1, 0.15) is 29.6 Å². The van der Waals surface area contributed by atoms with Gasteiger partial charge in [-0.05, 0) is 37.1 Å². The number of carbonyl (C=O) groups excluding carboxylic acids is 1. The van der Waals surface area contributed by atoms with Crippen LogP contribution in [0, 0.1) is 0 Å². The summed E-state index contributed by atoms with van der Waals surface area (Å²) in [6.07, 6.45) is 4.06. The van der Waals surface area contributed by atoms with Gasteiger partial charge in [-0.1, -0.05) is 6.42 Å². The van der Waals surface area contributed by atoms with Crippen molar-refractivity contribution in [1.82, 2.24) is 14.7 Å². The standard InChI is InChI=1S/C21H29N3O3/c1-26-19-7-5-16(6-8-19)20(25)22-11-18-12-27-10-9-24(18)21(13-22)14-23(15-21)17-3-2-4-17/h5-8,17-18H,2-4,9-15H2,1H3. The highest BCUT2D eigenvalue weighted by Gasteiger charge is 2.56. The monoisotopic (exact) mass is 371 g/mol. The fourth-order valence-electron chi connectivity index (χ4n) is 5.27. The van der Waals surface area contributed by atoms with Crippen molar-refractivity contribution >= 4 is 5.91 Å². The van der Waals surface area contributed by atoms with Crippen molar-refractivity contribution in [3.05, 3.63) is 29.8 Å². The zero-order valence-electron chi connectivity index (χ0n) is 16.1. The predicted molar refractivity (Wildman–Crippen MR) is 102 cm³/mol. The quantitative estimate of drug-likeness (QED) is 0.805. The van der Waals surface area contributed by atoms with Gasteiger partial charge in [0, 0.05) is 44.3 Å². The Morgan fingerprint density at radius 3 is 2.59 bits per heavy atom. The summed E-state index contributed by atoms with van der Waals surface area (Å²) >= 11 is 0. The molecule has 5 rings (SSSR count). The highest BCUT2D eigenvalue weighted by Crippen LogP contribution is 2.40. The Bertz CT molecular complexity index is 697. The van der Waals surface area contributed by atoms with Gasteiger partial charge in [0.25, 0.3) is 5.91 Å². The third-order valence-electron chi connectivity index (χ3n) is 6.96. The van der Waals surface area contributed by atoms with Gasteiger partial charge in [-0.2, -0.15) is 0 Å². The summed E-state index contributed by atoms with van der Waals surface area (Å²) in [5.74, 6) is 0.910. The minimum atomic E-state index is 0.115. The molecule has 0 radical (unpaired) electrons. The zero-order valence-corrected chi connectivity index (χ0v) is 16.1. The largest absolute Gasteiger partial charge is 0.497 e. The molecule has 4 fully saturated rings. The van der Waals surface area contributed by atoms with Gasteiger partial charge in [0.2, 0.25) is 0 Å². The maximum absolute atomic E-state index is 13.2. The van der Waals surface area contributed by atoms with Crippen LogP contribution in [-0.2, 0) is 4.74 Å².